The van der Waals surface area contributed by atoms with Crippen molar-refractivity contribution < 1.29 is 18.0 Å². The summed E-state index contributed by atoms with van der Waals surface area (Å²) in [5.41, 5.74) is 3.66. The maximum Gasteiger partial charge on any atom is 0.251 e. The van der Waals surface area contributed by atoms with Crippen LogP contribution in [0.25, 0.3) is 5.69 Å². The van der Waals surface area contributed by atoms with Crippen molar-refractivity contribution in [2.45, 2.75) is 33.2 Å². The van der Waals surface area contributed by atoms with Crippen molar-refractivity contribution in [2.75, 3.05) is 18.1 Å². The largest absolute Gasteiger partial charge is 0.354 e. The number of amides is 2. The second-order valence-corrected chi connectivity index (χ2v) is 9.94. The van der Waals surface area contributed by atoms with E-state index in [4.69, 9.17) is 0 Å². The third-order valence-electron chi connectivity index (χ3n) is 5.29. The number of benzene rings is 1. The molecule has 0 bridgehead atoms. The van der Waals surface area contributed by atoms with Gasteiger partial charge in [0.1, 0.15) is 6.04 Å². The molecule has 2 heterocycles. The van der Waals surface area contributed by atoms with E-state index in [0.717, 1.165) is 17.1 Å². The highest BCUT2D eigenvalue weighted by Gasteiger charge is 2.28. The van der Waals surface area contributed by atoms with Gasteiger partial charge in [-0.25, -0.2) is 8.42 Å². The third kappa shape index (κ3) is 5.06. The molecule has 7 nitrogen and oxygen atoms in total. The fraction of sp³-hybridized carbons (Fsp3) is 0.429. The van der Waals surface area contributed by atoms with Crippen LogP contribution in [0.15, 0.2) is 36.4 Å². The molecule has 0 aliphatic carbocycles. The molecule has 29 heavy (non-hydrogen) atoms. The predicted molar refractivity (Wildman–Crippen MR) is 112 cm³/mol. The normalized spacial score (nSPS) is 18.9. The monoisotopic (exact) mass is 417 g/mol. The SMILES string of the molecule is Cc1ccc(C)n1-c1ccc(C(=O)NC(C)C(=O)NCC2CCS(=O)(=O)C2)cc1. The first-order valence-electron chi connectivity index (χ1n) is 9.70. The zero-order valence-corrected chi connectivity index (χ0v) is 17.8. The minimum atomic E-state index is -2.97. The van der Waals surface area contributed by atoms with Gasteiger partial charge in [-0.1, -0.05) is 0 Å². The Hall–Kier alpha value is -2.61. The van der Waals surface area contributed by atoms with Crippen molar-refractivity contribution in [3.05, 3.63) is 53.3 Å². The minimum absolute atomic E-state index is 0.0556. The van der Waals surface area contributed by atoms with Gasteiger partial charge in [0.2, 0.25) is 5.91 Å². The van der Waals surface area contributed by atoms with Crippen molar-refractivity contribution in [3.63, 3.8) is 0 Å². The summed E-state index contributed by atoms with van der Waals surface area (Å²) in [5.74, 6) is -0.417. The average Bonchev–Trinajstić information content (AvgIpc) is 3.20. The lowest BCUT2D eigenvalue weighted by atomic mass is 10.1. The molecule has 0 radical (unpaired) electrons. The predicted octanol–water partition coefficient (Wildman–Crippen LogP) is 1.76. The van der Waals surface area contributed by atoms with E-state index in [-0.39, 0.29) is 29.2 Å². The molecule has 0 saturated carbocycles. The van der Waals surface area contributed by atoms with Crippen molar-refractivity contribution in [2.24, 2.45) is 5.92 Å². The molecule has 1 fully saturated rings. The molecule has 0 spiro atoms. The molecule has 1 aliphatic rings. The molecule has 2 atom stereocenters. The summed E-state index contributed by atoms with van der Waals surface area (Å²) in [5, 5.41) is 5.43. The van der Waals surface area contributed by atoms with Gasteiger partial charge in [-0.2, -0.15) is 0 Å². The first-order valence-corrected chi connectivity index (χ1v) is 11.5. The quantitative estimate of drug-likeness (QED) is 0.748. The lowest BCUT2D eigenvalue weighted by Crippen LogP contribution is -2.46. The van der Waals surface area contributed by atoms with Gasteiger partial charge in [0.25, 0.3) is 5.91 Å². The molecule has 1 saturated heterocycles. The van der Waals surface area contributed by atoms with Crippen LogP contribution in [-0.2, 0) is 14.6 Å². The number of carbonyl (C=O) groups excluding carboxylic acids is 2. The van der Waals surface area contributed by atoms with E-state index >= 15 is 0 Å². The summed E-state index contributed by atoms with van der Waals surface area (Å²) >= 11 is 0. The molecular weight excluding hydrogens is 390 g/mol. The zero-order valence-electron chi connectivity index (χ0n) is 16.9. The number of sulfone groups is 1. The first kappa shape index (κ1) is 21.1. The molecule has 1 aromatic heterocycles. The summed E-state index contributed by atoms with van der Waals surface area (Å²) in [6.07, 6.45) is 0.566. The fourth-order valence-electron chi connectivity index (χ4n) is 3.61. The van der Waals surface area contributed by atoms with Gasteiger partial charge in [-0.05, 0) is 69.5 Å². The third-order valence-corrected chi connectivity index (χ3v) is 7.13. The second-order valence-electron chi connectivity index (χ2n) is 7.71. The Balaban J connectivity index is 1.54. The molecular formula is C21H27N3O4S. The summed E-state index contributed by atoms with van der Waals surface area (Å²) in [4.78, 5) is 24.7. The van der Waals surface area contributed by atoms with Gasteiger partial charge in [-0.3, -0.25) is 9.59 Å². The Morgan fingerprint density at radius 3 is 2.28 bits per heavy atom. The Kier molecular flexibility index (Phi) is 6.12. The van der Waals surface area contributed by atoms with Crippen LogP contribution in [0.3, 0.4) is 0 Å². The van der Waals surface area contributed by atoms with Crippen LogP contribution in [0, 0.1) is 19.8 Å². The number of nitrogens with one attached hydrogen (secondary N) is 2. The number of hydrogen-bond acceptors (Lipinski definition) is 4. The molecule has 2 N–H and O–H groups in total. The molecule has 3 rings (SSSR count). The van der Waals surface area contributed by atoms with Crippen LogP contribution < -0.4 is 10.6 Å². The number of carbonyl (C=O) groups is 2. The second kappa shape index (κ2) is 8.41. The van der Waals surface area contributed by atoms with Crippen LogP contribution in [0.5, 0.6) is 0 Å². The average molecular weight is 418 g/mol. The number of nitrogens with zero attached hydrogens (tertiary/aromatic N) is 1. The fourth-order valence-corrected chi connectivity index (χ4v) is 5.48. The minimum Gasteiger partial charge on any atom is -0.354 e. The van der Waals surface area contributed by atoms with Crippen LogP contribution >= 0.6 is 0 Å². The molecule has 8 heteroatoms. The van der Waals surface area contributed by atoms with Crippen molar-refractivity contribution >= 4 is 21.7 Å². The Morgan fingerprint density at radius 2 is 1.72 bits per heavy atom. The molecule has 1 aromatic carbocycles. The van der Waals surface area contributed by atoms with Gasteiger partial charge in [-0.15, -0.1) is 0 Å². The van der Waals surface area contributed by atoms with Gasteiger partial charge in [0.05, 0.1) is 11.5 Å². The highest BCUT2D eigenvalue weighted by Crippen LogP contribution is 2.18. The van der Waals surface area contributed by atoms with Crippen molar-refractivity contribution in [1.29, 1.82) is 0 Å². The molecule has 1 aliphatic heterocycles. The summed E-state index contributed by atoms with van der Waals surface area (Å²) in [6.45, 7) is 5.96. The van der Waals surface area contributed by atoms with Gasteiger partial charge < -0.3 is 15.2 Å². The van der Waals surface area contributed by atoms with Gasteiger partial charge in [0.15, 0.2) is 9.84 Å². The lowest BCUT2D eigenvalue weighted by molar-refractivity contribution is -0.122. The van der Waals surface area contributed by atoms with Crippen molar-refractivity contribution in [3.8, 4) is 5.69 Å². The number of aryl methyl sites for hydroxylation is 2. The van der Waals surface area contributed by atoms with Crippen LogP contribution in [0.4, 0.5) is 0 Å². The summed E-state index contributed by atoms with van der Waals surface area (Å²) in [7, 11) is -2.97. The van der Waals surface area contributed by atoms with Gasteiger partial charge >= 0.3 is 0 Å². The Labute approximate surface area is 171 Å². The molecule has 2 aromatic rings. The standard InChI is InChI=1S/C21H27N3O4S/c1-14-4-5-15(2)24(14)19-8-6-18(7-9-19)21(26)23-16(3)20(25)22-12-17-10-11-29(27,28)13-17/h4-9,16-17H,10-13H2,1-3H3,(H,22,25)(H,23,26). The molecule has 156 valence electrons. The van der Waals surface area contributed by atoms with E-state index in [2.05, 4.69) is 15.2 Å². The summed E-state index contributed by atoms with van der Waals surface area (Å²) < 4.78 is 25.1. The maximum atomic E-state index is 12.5. The Morgan fingerprint density at radius 1 is 1.10 bits per heavy atom. The highest BCUT2D eigenvalue weighted by molar-refractivity contribution is 7.91. The lowest BCUT2D eigenvalue weighted by Gasteiger charge is -2.16. The Bertz CT molecular complexity index is 990. The highest BCUT2D eigenvalue weighted by atomic mass is 32.2. The maximum absolute atomic E-state index is 12.5. The van der Waals surface area contributed by atoms with Crippen LogP contribution in [-0.4, -0.2) is 48.9 Å². The number of aromatic nitrogens is 1. The van der Waals surface area contributed by atoms with Crippen LogP contribution in [0.2, 0.25) is 0 Å². The molecule has 2 unspecified atom stereocenters. The first-order chi connectivity index (χ1) is 13.7. The van der Waals surface area contributed by atoms with Gasteiger partial charge in [0, 0.05) is 29.2 Å². The van der Waals surface area contributed by atoms with Crippen molar-refractivity contribution in [1.82, 2.24) is 15.2 Å². The zero-order chi connectivity index (χ0) is 21.2. The topological polar surface area (TPSA) is 97.3 Å². The van der Waals surface area contributed by atoms with E-state index in [9.17, 15) is 18.0 Å². The number of rotatable bonds is 6. The number of hydrogen-bond donors (Lipinski definition) is 2. The van der Waals surface area contributed by atoms with Crippen LogP contribution in [0.1, 0.15) is 35.1 Å². The molecule has 2 amide bonds. The van der Waals surface area contributed by atoms with E-state index in [1.54, 1.807) is 19.1 Å². The van der Waals surface area contributed by atoms with E-state index in [1.807, 2.05) is 38.1 Å². The van der Waals surface area contributed by atoms with E-state index in [0.29, 0.717) is 18.5 Å². The van der Waals surface area contributed by atoms with E-state index < -0.39 is 15.9 Å². The summed E-state index contributed by atoms with van der Waals surface area (Å²) in [6, 6.07) is 10.6. The van der Waals surface area contributed by atoms with E-state index in [1.165, 1.54) is 0 Å². The smallest absolute Gasteiger partial charge is 0.251 e.